The number of thiazole rings is 1. The number of anilines is 1. The van der Waals surface area contributed by atoms with E-state index in [4.69, 9.17) is 0 Å². The smallest absolute Gasteiger partial charge is 0.275 e. The van der Waals surface area contributed by atoms with E-state index in [0.29, 0.717) is 16.2 Å². The molecule has 30 heavy (non-hydrogen) atoms. The molecule has 4 rings (SSSR count). The largest absolute Gasteiger partial charge is 0.300 e. The average Bonchev–Trinajstić information content (AvgIpc) is 3.06. The molecule has 2 aromatic carbocycles. The Hall–Kier alpha value is -3.32. The van der Waals surface area contributed by atoms with Crippen molar-refractivity contribution in [1.82, 2.24) is 14.8 Å². The molecule has 0 unspecified atom stereocenters. The summed E-state index contributed by atoms with van der Waals surface area (Å²) < 4.78 is 1.21. The number of benzene rings is 2. The number of nitrogens with one attached hydrogen (secondary N) is 1. The number of fused-ring (bicyclic) bond motifs is 1. The van der Waals surface area contributed by atoms with Gasteiger partial charge >= 0.3 is 0 Å². The second-order valence-electron chi connectivity index (χ2n) is 7.33. The van der Waals surface area contributed by atoms with Gasteiger partial charge < -0.3 is 5.32 Å². The molecule has 0 bridgehead atoms. The molecule has 152 valence electrons. The van der Waals surface area contributed by atoms with E-state index in [-0.39, 0.29) is 18.0 Å². The number of amides is 1. The Labute approximate surface area is 178 Å². The van der Waals surface area contributed by atoms with Crippen LogP contribution >= 0.6 is 11.3 Å². The number of hydrogen-bond acceptors (Lipinski definition) is 5. The van der Waals surface area contributed by atoms with Crippen molar-refractivity contribution in [1.29, 1.82) is 0 Å². The van der Waals surface area contributed by atoms with Gasteiger partial charge in [0, 0.05) is 16.7 Å². The van der Waals surface area contributed by atoms with Crippen LogP contribution in [0.5, 0.6) is 0 Å². The van der Waals surface area contributed by atoms with Crippen molar-refractivity contribution in [3.63, 3.8) is 0 Å². The molecule has 7 heteroatoms. The zero-order valence-corrected chi connectivity index (χ0v) is 17.9. The second-order valence-corrected chi connectivity index (χ2v) is 8.42. The SMILES string of the molecule is Cc1ccc(Cc2sc(NC(=O)Cn3nc(C)c4ccccc4c3=O)nc2C)cc1. The van der Waals surface area contributed by atoms with Gasteiger partial charge in [0.2, 0.25) is 5.91 Å². The second kappa shape index (κ2) is 8.20. The third kappa shape index (κ3) is 4.16. The maximum absolute atomic E-state index is 12.7. The van der Waals surface area contributed by atoms with Gasteiger partial charge in [0.05, 0.1) is 16.8 Å². The summed E-state index contributed by atoms with van der Waals surface area (Å²) in [6, 6.07) is 15.7. The minimum Gasteiger partial charge on any atom is -0.300 e. The Morgan fingerprint density at radius 2 is 1.70 bits per heavy atom. The van der Waals surface area contributed by atoms with Gasteiger partial charge in [-0.15, -0.1) is 11.3 Å². The number of carbonyl (C=O) groups excluding carboxylic acids is 1. The highest BCUT2D eigenvalue weighted by molar-refractivity contribution is 7.15. The fraction of sp³-hybridized carbons (Fsp3) is 0.217. The van der Waals surface area contributed by atoms with Gasteiger partial charge in [0.1, 0.15) is 6.54 Å². The monoisotopic (exact) mass is 418 g/mol. The van der Waals surface area contributed by atoms with Crippen molar-refractivity contribution >= 4 is 33.1 Å². The number of aryl methyl sites for hydroxylation is 3. The number of hydrogen-bond donors (Lipinski definition) is 1. The zero-order valence-electron chi connectivity index (χ0n) is 17.1. The van der Waals surface area contributed by atoms with Crippen molar-refractivity contribution in [3.8, 4) is 0 Å². The molecule has 6 nitrogen and oxygen atoms in total. The van der Waals surface area contributed by atoms with E-state index in [1.807, 2.05) is 32.0 Å². The lowest BCUT2D eigenvalue weighted by Gasteiger charge is -2.08. The van der Waals surface area contributed by atoms with Crippen molar-refractivity contribution in [3.05, 3.63) is 86.3 Å². The van der Waals surface area contributed by atoms with Gasteiger partial charge in [0.15, 0.2) is 5.13 Å². The first-order chi connectivity index (χ1) is 14.4. The van der Waals surface area contributed by atoms with E-state index in [0.717, 1.165) is 22.4 Å². The topological polar surface area (TPSA) is 76.9 Å². The Balaban J connectivity index is 1.50. The van der Waals surface area contributed by atoms with Gasteiger partial charge in [0.25, 0.3) is 5.56 Å². The van der Waals surface area contributed by atoms with Gasteiger partial charge in [-0.25, -0.2) is 9.67 Å². The normalized spacial score (nSPS) is 11.0. The predicted octanol–water partition coefficient (Wildman–Crippen LogP) is 4.01. The first-order valence-electron chi connectivity index (χ1n) is 9.69. The maximum atomic E-state index is 12.7. The van der Waals surface area contributed by atoms with Crippen LogP contribution in [-0.2, 0) is 17.8 Å². The first-order valence-corrected chi connectivity index (χ1v) is 10.5. The highest BCUT2D eigenvalue weighted by Gasteiger charge is 2.14. The Morgan fingerprint density at radius 3 is 2.43 bits per heavy atom. The minimum absolute atomic E-state index is 0.156. The number of rotatable bonds is 5. The number of carbonyl (C=O) groups is 1. The Kier molecular flexibility index (Phi) is 5.46. The van der Waals surface area contributed by atoms with Gasteiger partial charge in [-0.1, -0.05) is 48.0 Å². The van der Waals surface area contributed by atoms with Gasteiger partial charge in [-0.3, -0.25) is 9.59 Å². The highest BCUT2D eigenvalue weighted by atomic mass is 32.1. The van der Waals surface area contributed by atoms with E-state index in [2.05, 4.69) is 46.6 Å². The van der Waals surface area contributed by atoms with Crippen LogP contribution in [0.2, 0.25) is 0 Å². The molecule has 0 aliphatic rings. The fourth-order valence-electron chi connectivity index (χ4n) is 3.34. The number of aromatic nitrogens is 3. The van der Waals surface area contributed by atoms with Crippen LogP contribution < -0.4 is 10.9 Å². The van der Waals surface area contributed by atoms with Crippen molar-refractivity contribution in [2.24, 2.45) is 0 Å². The van der Waals surface area contributed by atoms with E-state index in [9.17, 15) is 9.59 Å². The maximum Gasteiger partial charge on any atom is 0.275 e. The van der Waals surface area contributed by atoms with Crippen molar-refractivity contribution in [2.75, 3.05) is 5.32 Å². The van der Waals surface area contributed by atoms with Crippen molar-refractivity contribution in [2.45, 2.75) is 33.7 Å². The molecular formula is C23H22N4O2S. The summed E-state index contributed by atoms with van der Waals surface area (Å²) >= 11 is 1.46. The molecule has 0 saturated heterocycles. The molecule has 0 fully saturated rings. The van der Waals surface area contributed by atoms with Crippen LogP contribution in [0, 0.1) is 20.8 Å². The average molecular weight is 419 g/mol. The molecule has 1 N–H and O–H groups in total. The molecule has 0 aliphatic heterocycles. The summed E-state index contributed by atoms with van der Waals surface area (Å²) in [6.07, 6.45) is 0.768. The molecule has 4 aromatic rings. The summed E-state index contributed by atoms with van der Waals surface area (Å²) in [7, 11) is 0. The van der Waals surface area contributed by atoms with Crippen LogP contribution in [0.3, 0.4) is 0 Å². The summed E-state index contributed by atoms with van der Waals surface area (Å²) in [5.41, 5.74) is 3.76. The zero-order chi connectivity index (χ0) is 21.3. The van der Waals surface area contributed by atoms with Crippen LogP contribution in [0.4, 0.5) is 5.13 Å². The summed E-state index contributed by atoms with van der Waals surface area (Å²) in [6.45, 7) is 5.68. The first kappa shape index (κ1) is 20.0. The molecule has 0 atom stereocenters. The van der Waals surface area contributed by atoms with Gasteiger partial charge in [-0.05, 0) is 32.4 Å². The third-order valence-corrected chi connectivity index (χ3v) is 6.04. The quantitative estimate of drug-likeness (QED) is 0.531. The van der Waals surface area contributed by atoms with E-state index in [1.54, 1.807) is 6.07 Å². The molecule has 0 aliphatic carbocycles. The Morgan fingerprint density at radius 1 is 1.00 bits per heavy atom. The summed E-state index contributed by atoms with van der Waals surface area (Å²) in [5, 5.41) is 9.00. The molecule has 1 amide bonds. The van der Waals surface area contributed by atoms with Gasteiger partial charge in [-0.2, -0.15) is 5.10 Å². The van der Waals surface area contributed by atoms with Crippen LogP contribution in [0.1, 0.15) is 27.4 Å². The summed E-state index contributed by atoms with van der Waals surface area (Å²) in [4.78, 5) is 30.8. The van der Waals surface area contributed by atoms with Crippen molar-refractivity contribution < 1.29 is 4.79 Å². The summed E-state index contributed by atoms with van der Waals surface area (Å²) in [5.74, 6) is -0.324. The van der Waals surface area contributed by atoms with E-state index < -0.39 is 0 Å². The lowest BCUT2D eigenvalue weighted by atomic mass is 10.1. The molecule has 2 aromatic heterocycles. The Bertz CT molecular complexity index is 1290. The highest BCUT2D eigenvalue weighted by Crippen LogP contribution is 2.25. The standard InChI is InChI=1S/C23H22N4O2S/c1-14-8-10-17(11-9-14)12-20-16(3)24-23(30-20)25-21(28)13-27-22(29)19-7-5-4-6-18(19)15(2)26-27/h4-11H,12-13H2,1-3H3,(H,24,25,28). The molecule has 0 radical (unpaired) electrons. The molecule has 0 saturated carbocycles. The third-order valence-electron chi connectivity index (χ3n) is 4.97. The van der Waals surface area contributed by atoms with E-state index in [1.165, 1.54) is 27.1 Å². The lowest BCUT2D eigenvalue weighted by molar-refractivity contribution is -0.117. The lowest BCUT2D eigenvalue weighted by Crippen LogP contribution is -2.30. The molecule has 2 heterocycles. The van der Waals surface area contributed by atoms with Crippen LogP contribution in [-0.4, -0.2) is 20.7 Å². The molecular weight excluding hydrogens is 396 g/mol. The predicted molar refractivity (Wildman–Crippen MR) is 120 cm³/mol. The number of nitrogens with zero attached hydrogens (tertiary/aromatic N) is 3. The minimum atomic E-state index is -0.324. The van der Waals surface area contributed by atoms with Crippen LogP contribution in [0.15, 0.2) is 53.3 Å². The van der Waals surface area contributed by atoms with E-state index >= 15 is 0 Å². The fourth-order valence-corrected chi connectivity index (χ4v) is 4.36. The molecule has 0 spiro atoms. The van der Waals surface area contributed by atoms with Crippen LogP contribution in [0.25, 0.3) is 10.8 Å².